The van der Waals surface area contributed by atoms with E-state index in [1.54, 1.807) is 6.07 Å². The van der Waals surface area contributed by atoms with Crippen molar-refractivity contribution in [2.75, 3.05) is 25.0 Å². The summed E-state index contributed by atoms with van der Waals surface area (Å²) >= 11 is 1.07. The van der Waals surface area contributed by atoms with E-state index < -0.39 is 12.6 Å². The Kier molecular flexibility index (Phi) is 7.92. The lowest BCUT2D eigenvalue weighted by Gasteiger charge is -2.76. The number of benzene rings is 1. The maximum absolute atomic E-state index is 13.0. The largest absolute Gasteiger partial charge is 0.393 e. The zero-order valence-corrected chi connectivity index (χ0v) is 28.6. The van der Waals surface area contributed by atoms with Crippen LogP contribution >= 0.6 is 11.3 Å². The first-order valence-electron chi connectivity index (χ1n) is 17.3. The number of nitrogens with zero attached hydrogens (tertiary/aromatic N) is 5. The average molecular weight is 691 g/mol. The number of hydrogen-bond acceptors (Lipinski definition) is 8. The molecule has 9 nitrogen and oxygen atoms in total. The van der Waals surface area contributed by atoms with Gasteiger partial charge in [0.2, 0.25) is 5.91 Å². The first kappa shape index (κ1) is 32.5. The van der Waals surface area contributed by atoms with Gasteiger partial charge < -0.3 is 20.5 Å². The molecule has 3 aromatic heterocycles. The van der Waals surface area contributed by atoms with E-state index in [0.29, 0.717) is 27.6 Å². The van der Waals surface area contributed by atoms with E-state index in [1.165, 1.54) is 17.5 Å². The Balaban J connectivity index is 0.903. The van der Waals surface area contributed by atoms with Crippen molar-refractivity contribution in [3.63, 3.8) is 0 Å². The maximum atomic E-state index is 13.0. The summed E-state index contributed by atoms with van der Waals surface area (Å²) in [6, 6.07) is 10.5. The highest BCUT2D eigenvalue weighted by Gasteiger charge is 2.74. The lowest BCUT2D eigenvalue weighted by atomic mass is 9.33. The third-order valence-electron chi connectivity index (χ3n) is 12.0. The third kappa shape index (κ3) is 5.75. The number of halogens is 3. The highest BCUT2D eigenvalue weighted by molar-refractivity contribution is 7.18. The average Bonchev–Trinajstić information content (AvgIpc) is 3.81. The first-order chi connectivity index (χ1) is 23.5. The quantitative estimate of drug-likeness (QED) is 0.196. The second-order valence-corrected chi connectivity index (χ2v) is 16.0. The fraction of sp³-hybridized carbons (Fsp3) is 0.556. The van der Waals surface area contributed by atoms with Gasteiger partial charge >= 0.3 is 6.18 Å². The molecule has 3 N–H and O–H groups in total. The zero-order valence-electron chi connectivity index (χ0n) is 27.8. The molecule has 1 aromatic carbocycles. The summed E-state index contributed by atoms with van der Waals surface area (Å²) in [5.41, 5.74) is 4.21. The highest BCUT2D eigenvalue weighted by atomic mass is 32.1. The predicted octanol–water partition coefficient (Wildman–Crippen LogP) is 6.04. The topological polar surface area (TPSA) is 111 Å². The third-order valence-corrected chi connectivity index (χ3v) is 13.0. The van der Waals surface area contributed by atoms with Gasteiger partial charge in [-0.2, -0.15) is 18.4 Å². The van der Waals surface area contributed by atoms with Crippen LogP contribution in [0.2, 0.25) is 0 Å². The second-order valence-electron chi connectivity index (χ2n) is 14.9. The molecule has 5 aliphatic rings. The summed E-state index contributed by atoms with van der Waals surface area (Å²) in [6.45, 7) is 8.66. The van der Waals surface area contributed by atoms with Crippen LogP contribution in [0.25, 0.3) is 21.1 Å². The number of aromatic nitrogens is 3. The molecule has 1 amide bonds. The molecular formula is C36H41F3N8OS. The molecule has 1 unspecified atom stereocenters. The van der Waals surface area contributed by atoms with Crippen molar-refractivity contribution in [3.8, 4) is 6.07 Å². The van der Waals surface area contributed by atoms with Gasteiger partial charge in [-0.25, -0.2) is 9.97 Å². The number of nitriles is 1. The fourth-order valence-electron chi connectivity index (χ4n) is 9.07. The number of aryl methyl sites for hydroxylation is 1. The minimum absolute atomic E-state index is 0.0659. The van der Waals surface area contributed by atoms with Crippen molar-refractivity contribution in [1.82, 2.24) is 30.1 Å². The molecule has 2 bridgehead atoms. The number of alkyl halides is 3. The van der Waals surface area contributed by atoms with E-state index in [1.807, 2.05) is 6.07 Å². The van der Waals surface area contributed by atoms with Gasteiger partial charge in [-0.15, -0.1) is 11.3 Å². The van der Waals surface area contributed by atoms with E-state index in [-0.39, 0.29) is 33.8 Å². The van der Waals surface area contributed by atoms with E-state index >= 15 is 0 Å². The van der Waals surface area contributed by atoms with Crippen molar-refractivity contribution in [3.05, 3.63) is 52.3 Å². The van der Waals surface area contributed by atoms with Crippen LogP contribution in [0.15, 0.2) is 30.6 Å². The normalized spacial score (nSPS) is 27.2. The molecule has 4 aromatic rings. The number of piperidine rings is 1. The van der Waals surface area contributed by atoms with Crippen molar-refractivity contribution in [2.24, 2.45) is 11.3 Å². The van der Waals surface area contributed by atoms with Gasteiger partial charge in [0.25, 0.3) is 0 Å². The number of hydrogen-bond donors (Lipinski definition) is 3. The van der Waals surface area contributed by atoms with Crippen LogP contribution in [-0.4, -0.2) is 68.8 Å². The molecule has 49 heavy (non-hydrogen) atoms. The van der Waals surface area contributed by atoms with Gasteiger partial charge in [-0.05, 0) is 92.7 Å². The number of fused-ring (bicyclic) bond motifs is 2. The highest BCUT2D eigenvalue weighted by Crippen LogP contribution is 2.72. The smallest absolute Gasteiger partial charge is 0.367 e. The Morgan fingerprint density at radius 1 is 1.16 bits per heavy atom. The molecule has 2 atom stereocenters. The molecule has 9 rings (SSSR count). The lowest BCUT2D eigenvalue weighted by Crippen LogP contribution is -2.82. The molecule has 2 aliphatic heterocycles. The summed E-state index contributed by atoms with van der Waals surface area (Å²) < 4.78 is 41.1. The molecular weight excluding hydrogens is 650 g/mol. The fourth-order valence-corrected chi connectivity index (χ4v) is 10.1. The maximum Gasteiger partial charge on any atom is 0.393 e. The minimum atomic E-state index is -4.26. The number of rotatable bonds is 9. The van der Waals surface area contributed by atoms with Gasteiger partial charge in [-0.1, -0.05) is 13.0 Å². The molecule has 13 heteroatoms. The van der Waals surface area contributed by atoms with Crippen LogP contribution in [-0.2, 0) is 24.3 Å². The number of carbonyl (C=O) groups excluding carboxylic acids is 1. The molecule has 3 saturated carbocycles. The Labute approximate surface area is 287 Å². The summed E-state index contributed by atoms with van der Waals surface area (Å²) in [4.78, 5) is 24.7. The number of nitrogens with one attached hydrogen (secondary N) is 3. The minimum Gasteiger partial charge on any atom is -0.367 e. The van der Waals surface area contributed by atoms with E-state index in [2.05, 4.69) is 67.4 Å². The van der Waals surface area contributed by atoms with Crippen molar-refractivity contribution < 1.29 is 18.0 Å². The number of carbonyl (C=O) groups is 1. The van der Waals surface area contributed by atoms with Gasteiger partial charge in [0.1, 0.15) is 28.7 Å². The van der Waals surface area contributed by atoms with Crippen LogP contribution in [0.1, 0.15) is 67.1 Å². The van der Waals surface area contributed by atoms with Crippen LogP contribution in [0.5, 0.6) is 0 Å². The molecule has 5 fully saturated rings. The predicted molar refractivity (Wildman–Crippen MR) is 183 cm³/mol. The lowest BCUT2D eigenvalue weighted by molar-refractivity contribution is -0.228. The number of amides is 1. The van der Waals surface area contributed by atoms with Crippen molar-refractivity contribution >= 4 is 44.2 Å². The zero-order chi connectivity index (χ0) is 34.1. The monoisotopic (exact) mass is 690 g/mol. The Morgan fingerprint density at radius 3 is 2.65 bits per heavy atom. The molecule has 0 spiro atoms. The molecule has 0 radical (unpaired) electrons. The molecule has 2 saturated heterocycles. The Hall–Kier alpha value is -3.73. The van der Waals surface area contributed by atoms with Gasteiger partial charge in [0.05, 0.1) is 17.8 Å². The molecule has 5 heterocycles. The Morgan fingerprint density at radius 2 is 1.96 bits per heavy atom. The van der Waals surface area contributed by atoms with Crippen LogP contribution in [0.4, 0.5) is 19.0 Å². The van der Waals surface area contributed by atoms with Crippen LogP contribution in [0, 0.1) is 29.6 Å². The van der Waals surface area contributed by atoms with E-state index in [0.717, 1.165) is 93.5 Å². The van der Waals surface area contributed by atoms with Gasteiger partial charge in [0, 0.05) is 53.5 Å². The van der Waals surface area contributed by atoms with E-state index in [9.17, 15) is 23.2 Å². The number of likely N-dealkylation sites (tertiary alicyclic amines) is 1. The summed E-state index contributed by atoms with van der Waals surface area (Å²) in [6.07, 6.45) is 1.85. The summed E-state index contributed by atoms with van der Waals surface area (Å²) in [7, 11) is 0. The first-order valence-corrected chi connectivity index (χ1v) is 18.1. The van der Waals surface area contributed by atoms with E-state index in [4.69, 9.17) is 0 Å². The number of anilines is 1. The van der Waals surface area contributed by atoms with Gasteiger partial charge in [-0.3, -0.25) is 9.69 Å². The SMILES string of the molecule is Cc1c(CN2CCC(Nc3ncnc4sc(CC(F)(F)F)cc34)CC2)ccc2c1cc(C#N)n2CC12CC(NC(=O)C3CCCN3)(C1)[C@H]2C. The Bertz CT molecular complexity index is 1960. The molecule has 258 valence electrons. The second kappa shape index (κ2) is 12.0. The standard InChI is InChI=1S/C36H41F3N8OS/c1-21-23(16-46-10-7-24(8-11-46)44-31-28-13-26(14-36(37,38)39)49-33(28)43-20-42-31)5-6-30-27(21)12-25(15-40)47(30)19-34-17-35(18-34,22(34)2)45-32(48)29-4-3-9-41-29/h5-6,12-13,20,22,24,29,41H,3-4,7-11,14,16-19H2,1-2H3,(H,45,48)(H,42,43,44)/t22-,29?,34?,35?/m0/s1. The van der Waals surface area contributed by atoms with Crippen LogP contribution in [0.3, 0.4) is 0 Å². The molecule has 3 aliphatic carbocycles. The summed E-state index contributed by atoms with van der Waals surface area (Å²) in [5.74, 6) is 1.10. The summed E-state index contributed by atoms with van der Waals surface area (Å²) in [5, 5.41) is 22.1. The van der Waals surface area contributed by atoms with Crippen molar-refractivity contribution in [1.29, 1.82) is 5.26 Å². The van der Waals surface area contributed by atoms with Gasteiger partial charge in [0.15, 0.2) is 0 Å². The van der Waals surface area contributed by atoms with Crippen LogP contribution < -0.4 is 16.0 Å². The van der Waals surface area contributed by atoms with Crippen molar-refractivity contribution in [2.45, 2.75) is 95.7 Å². The number of thiophene rings is 1.